The number of hydrogen-bond acceptors (Lipinski definition) is 7. The molecule has 36 heavy (non-hydrogen) atoms. The van der Waals surface area contributed by atoms with Gasteiger partial charge in [0.05, 0.1) is 26.0 Å². The molecule has 2 amide bonds. The highest BCUT2D eigenvalue weighted by Crippen LogP contribution is 2.37. The summed E-state index contributed by atoms with van der Waals surface area (Å²) in [5.41, 5.74) is 1.85. The lowest BCUT2D eigenvalue weighted by Gasteiger charge is -2.14. The van der Waals surface area contributed by atoms with Gasteiger partial charge in [0, 0.05) is 17.3 Å². The number of nitrogens with one attached hydrogen (secondary N) is 2. The number of rotatable bonds is 9. The van der Waals surface area contributed by atoms with Gasteiger partial charge in [0.2, 0.25) is 0 Å². The molecule has 3 N–H and O–H groups in total. The lowest BCUT2D eigenvalue weighted by molar-refractivity contribution is -0.141. The number of urea groups is 1. The van der Waals surface area contributed by atoms with Crippen molar-refractivity contribution < 1.29 is 33.7 Å². The third-order valence-corrected chi connectivity index (χ3v) is 5.30. The van der Waals surface area contributed by atoms with E-state index >= 15 is 0 Å². The Hall–Kier alpha value is -4.18. The fraction of sp³-hybridized carbons (Fsp3) is 0.240. The maximum absolute atomic E-state index is 12.8. The number of aromatic nitrogens is 1. The van der Waals surface area contributed by atoms with Crippen molar-refractivity contribution in [2.45, 2.75) is 13.8 Å². The van der Waals surface area contributed by atoms with Gasteiger partial charge in [-0.15, -0.1) is 0 Å². The second kappa shape index (κ2) is 12.0. The van der Waals surface area contributed by atoms with E-state index in [0.29, 0.717) is 22.6 Å². The van der Waals surface area contributed by atoms with Crippen molar-refractivity contribution in [3.63, 3.8) is 0 Å². The van der Waals surface area contributed by atoms with E-state index < -0.39 is 18.0 Å². The van der Waals surface area contributed by atoms with Crippen LogP contribution < -0.4 is 15.4 Å². The van der Waals surface area contributed by atoms with Gasteiger partial charge < -0.3 is 30.0 Å². The van der Waals surface area contributed by atoms with Gasteiger partial charge in [-0.1, -0.05) is 35.9 Å². The van der Waals surface area contributed by atoms with Gasteiger partial charge in [-0.2, -0.15) is 0 Å². The van der Waals surface area contributed by atoms with Crippen molar-refractivity contribution in [1.82, 2.24) is 9.88 Å². The van der Waals surface area contributed by atoms with Crippen LogP contribution in [-0.2, 0) is 14.3 Å². The fourth-order valence-corrected chi connectivity index (χ4v) is 3.76. The molecule has 0 saturated carbocycles. The van der Waals surface area contributed by atoms with Gasteiger partial charge in [-0.25, -0.2) is 9.59 Å². The van der Waals surface area contributed by atoms with Crippen LogP contribution in [0.15, 0.2) is 48.5 Å². The Labute approximate surface area is 212 Å². The Morgan fingerprint density at radius 3 is 2.36 bits per heavy atom. The van der Waals surface area contributed by atoms with E-state index in [4.69, 9.17) is 25.8 Å². The topological polar surface area (TPSA) is 128 Å². The van der Waals surface area contributed by atoms with Crippen molar-refractivity contribution in [2.24, 2.45) is 0 Å². The summed E-state index contributed by atoms with van der Waals surface area (Å²) in [5, 5.41) is 15.5. The number of nitrogens with zero attached hydrogens (tertiary/aromatic N) is 1. The molecule has 0 saturated heterocycles. The summed E-state index contributed by atoms with van der Waals surface area (Å²) in [6.45, 7) is 3.25. The summed E-state index contributed by atoms with van der Waals surface area (Å²) in [6, 6.07) is 12.7. The van der Waals surface area contributed by atoms with Gasteiger partial charge in [0.25, 0.3) is 0 Å². The molecule has 0 atom stereocenters. The average molecular weight is 516 g/mol. The summed E-state index contributed by atoms with van der Waals surface area (Å²) < 4.78 is 16.6. The number of aromatic hydroxyl groups is 1. The molecule has 2 aromatic carbocycles. The first-order valence-electron chi connectivity index (χ1n) is 11.1. The lowest BCUT2D eigenvalue weighted by atomic mass is 10.0. The molecule has 0 unspecified atom stereocenters. The van der Waals surface area contributed by atoms with E-state index in [1.54, 1.807) is 56.3 Å². The number of amides is 2. The van der Waals surface area contributed by atoms with E-state index in [1.165, 1.54) is 17.7 Å². The molecular weight excluding hydrogens is 490 g/mol. The number of carbonyl (C=O) groups excluding carboxylic acids is 3. The Morgan fingerprint density at radius 2 is 1.72 bits per heavy atom. The van der Waals surface area contributed by atoms with E-state index in [1.807, 2.05) is 0 Å². The summed E-state index contributed by atoms with van der Waals surface area (Å²) in [7, 11) is 1.47. The number of phenols is 1. The monoisotopic (exact) mass is 515 g/mol. The molecule has 1 heterocycles. The third-order valence-electron chi connectivity index (χ3n) is 5.03. The first-order valence-corrected chi connectivity index (χ1v) is 11.4. The molecule has 0 spiro atoms. The highest BCUT2D eigenvalue weighted by molar-refractivity contribution is 6.31. The van der Waals surface area contributed by atoms with Gasteiger partial charge in [0.15, 0.2) is 17.2 Å². The summed E-state index contributed by atoms with van der Waals surface area (Å²) in [6.07, 6.45) is 0. The van der Waals surface area contributed by atoms with Crippen LogP contribution >= 0.6 is 11.6 Å². The predicted molar refractivity (Wildman–Crippen MR) is 134 cm³/mol. The number of hydrogen-bond donors (Lipinski definition) is 3. The van der Waals surface area contributed by atoms with Gasteiger partial charge in [-0.05, 0) is 37.6 Å². The maximum Gasteiger partial charge on any atom is 0.357 e. The quantitative estimate of drug-likeness (QED) is 0.361. The second-order valence-corrected chi connectivity index (χ2v) is 7.69. The molecule has 0 bridgehead atoms. The molecule has 11 heteroatoms. The number of benzene rings is 2. The van der Waals surface area contributed by atoms with Crippen LogP contribution in [0.2, 0.25) is 5.15 Å². The number of anilines is 1. The SMILES string of the molecule is CCOC(=O)CNC(=O)Nc1cc(Cl)n(-c2ccc(-c3cccc(OC)c3O)cc2)c1C(=O)OCC. The van der Waals surface area contributed by atoms with E-state index in [-0.39, 0.29) is 42.0 Å². The Balaban J connectivity index is 1.94. The standard InChI is InChI=1S/C25H26ClN3O7/c1-4-35-21(30)14-27-25(33)28-18-13-20(26)29(22(18)24(32)36-5-2)16-11-9-15(10-12-16)17-7-6-8-19(34-3)23(17)31/h6-13,31H,4-5,14H2,1-3H3,(H2,27,28,33). The summed E-state index contributed by atoms with van der Waals surface area (Å²) in [5.74, 6) is -0.971. The lowest BCUT2D eigenvalue weighted by Crippen LogP contribution is -2.34. The van der Waals surface area contributed by atoms with Gasteiger partial charge >= 0.3 is 18.0 Å². The molecule has 1 aromatic heterocycles. The zero-order valence-corrected chi connectivity index (χ0v) is 20.7. The molecule has 0 aliphatic carbocycles. The minimum Gasteiger partial charge on any atom is -0.504 e. The smallest absolute Gasteiger partial charge is 0.357 e. The molecule has 0 aliphatic heterocycles. The normalized spacial score (nSPS) is 10.4. The van der Waals surface area contributed by atoms with Crippen molar-refractivity contribution in [3.8, 4) is 28.3 Å². The van der Waals surface area contributed by atoms with Crippen LogP contribution in [0.5, 0.6) is 11.5 Å². The molecule has 190 valence electrons. The molecule has 10 nitrogen and oxygen atoms in total. The summed E-state index contributed by atoms with van der Waals surface area (Å²) >= 11 is 6.46. The molecule has 0 fully saturated rings. The predicted octanol–water partition coefficient (Wildman–Crippen LogP) is 4.37. The average Bonchev–Trinajstić information content (AvgIpc) is 3.18. The number of halogens is 1. The minimum absolute atomic E-state index is 0.000670. The van der Waals surface area contributed by atoms with Crippen molar-refractivity contribution in [1.29, 1.82) is 0 Å². The second-order valence-electron chi connectivity index (χ2n) is 7.30. The van der Waals surface area contributed by atoms with E-state index in [0.717, 1.165) is 0 Å². The fourth-order valence-electron chi connectivity index (χ4n) is 3.47. The number of phenolic OH excluding ortho intramolecular Hbond substituents is 1. The van der Waals surface area contributed by atoms with Crippen molar-refractivity contribution in [2.75, 3.05) is 32.2 Å². The van der Waals surface area contributed by atoms with Crippen LogP contribution in [0.4, 0.5) is 10.5 Å². The summed E-state index contributed by atoms with van der Waals surface area (Å²) in [4.78, 5) is 36.6. The van der Waals surface area contributed by atoms with Gasteiger partial charge in [-0.3, -0.25) is 9.36 Å². The number of ether oxygens (including phenoxy) is 3. The first-order chi connectivity index (χ1) is 17.3. The van der Waals surface area contributed by atoms with Crippen LogP contribution in [0, 0.1) is 0 Å². The van der Waals surface area contributed by atoms with Crippen LogP contribution in [0.25, 0.3) is 16.8 Å². The van der Waals surface area contributed by atoms with Crippen LogP contribution in [0.1, 0.15) is 24.3 Å². The van der Waals surface area contributed by atoms with Gasteiger partial charge in [0.1, 0.15) is 11.7 Å². The molecule has 0 radical (unpaired) electrons. The van der Waals surface area contributed by atoms with Crippen LogP contribution in [-0.4, -0.2) is 54.5 Å². The third kappa shape index (κ3) is 5.89. The molecular formula is C25H26ClN3O7. The highest BCUT2D eigenvalue weighted by Gasteiger charge is 2.24. The Morgan fingerprint density at radius 1 is 1.03 bits per heavy atom. The van der Waals surface area contributed by atoms with E-state index in [2.05, 4.69) is 10.6 Å². The number of carbonyl (C=O) groups is 3. The molecule has 3 aromatic rings. The highest BCUT2D eigenvalue weighted by atomic mass is 35.5. The van der Waals surface area contributed by atoms with Crippen molar-refractivity contribution in [3.05, 3.63) is 59.4 Å². The first kappa shape index (κ1) is 26.4. The zero-order chi connectivity index (χ0) is 26.2. The van der Waals surface area contributed by atoms with E-state index in [9.17, 15) is 19.5 Å². The Kier molecular flexibility index (Phi) is 8.80. The minimum atomic E-state index is -0.730. The Bertz CT molecular complexity index is 1260. The number of esters is 2. The van der Waals surface area contributed by atoms with Crippen molar-refractivity contribution >= 4 is 35.3 Å². The zero-order valence-electron chi connectivity index (χ0n) is 20.0. The molecule has 3 rings (SSSR count). The largest absolute Gasteiger partial charge is 0.504 e. The van der Waals surface area contributed by atoms with Crippen LogP contribution in [0.3, 0.4) is 0 Å². The maximum atomic E-state index is 12.8. The number of para-hydroxylation sites is 1. The molecule has 0 aliphatic rings. The number of methoxy groups -OCH3 is 1.